The standard InChI is InChI=1S/C18H28N2O2/c1-12-7-14(19-10-21)5-6-15(12)16-9-18(3,4)17(20-11-22)8-13(16)2/h12-17H,5-9H2,1-4H3. The monoisotopic (exact) mass is 304 g/mol. The third-order valence-corrected chi connectivity index (χ3v) is 6.19. The van der Waals surface area contributed by atoms with E-state index in [1.807, 2.05) is 0 Å². The Labute approximate surface area is 133 Å². The Hall–Kier alpha value is -1.24. The van der Waals surface area contributed by atoms with Gasteiger partial charge >= 0.3 is 0 Å². The Kier molecular flexibility index (Phi) is 5.36. The van der Waals surface area contributed by atoms with E-state index in [0.29, 0.717) is 23.7 Å². The Morgan fingerprint density at radius 3 is 2.14 bits per heavy atom. The molecule has 4 nitrogen and oxygen atoms in total. The number of hydrogen-bond acceptors (Lipinski definition) is 4. The fourth-order valence-corrected chi connectivity index (χ4v) is 4.87. The van der Waals surface area contributed by atoms with Crippen LogP contribution in [-0.4, -0.2) is 24.2 Å². The Balaban J connectivity index is 2.09. The highest BCUT2D eigenvalue weighted by Crippen LogP contribution is 2.50. The van der Waals surface area contributed by atoms with Crippen LogP contribution in [0.2, 0.25) is 0 Å². The van der Waals surface area contributed by atoms with Crippen LogP contribution in [0.1, 0.15) is 59.8 Å². The van der Waals surface area contributed by atoms with Gasteiger partial charge in [0.15, 0.2) is 0 Å². The van der Waals surface area contributed by atoms with Crippen LogP contribution >= 0.6 is 0 Å². The first-order valence-corrected chi connectivity index (χ1v) is 8.53. The van der Waals surface area contributed by atoms with Crippen molar-refractivity contribution >= 4 is 12.2 Å². The van der Waals surface area contributed by atoms with Gasteiger partial charge in [-0.05, 0) is 61.2 Å². The molecule has 22 heavy (non-hydrogen) atoms. The van der Waals surface area contributed by atoms with E-state index in [2.05, 4.69) is 37.7 Å². The van der Waals surface area contributed by atoms with Crippen molar-refractivity contribution in [2.45, 2.75) is 71.9 Å². The highest BCUT2D eigenvalue weighted by atomic mass is 16.1. The van der Waals surface area contributed by atoms with Crippen molar-refractivity contribution in [3.05, 3.63) is 0 Å². The van der Waals surface area contributed by atoms with Crippen LogP contribution in [0.5, 0.6) is 0 Å². The molecule has 4 heteroatoms. The van der Waals surface area contributed by atoms with E-state index in [-0.39, 0.29) is 17.5 Å². The molecule has 2 rings (SSSR count). The van der Waals surface area contributed by atoms with Crippen molar-refractivity contribution in [3.63, 3.8) is 0 Å². The molecule has 0 amide bonds. The van der Waals surface area contributed by atoms with Gasteiger partial charge in [-0.2, -0.15) is 0 Å². The molecule has 0 aromatic heterocycles. The van der Waals surface area contributed by atoms with Crippen LogP contribution in [0.4, 0.5) is 0 Å². The summed E-state index contributed by atoms with van der Waals surface area (Å²) in [6.07, 6.45) is 8.72. The lowest BCUT2D eigenvalue weighted by molar-refractivity contribution is 0.0259. The second-order valence-electron chi connectivity index (χ2n) is 8.13. The van der Waals surface area contributed by atoms with Crippen LogP contribution in [0, 0.1) is 29.1 Å². The van der Waals surface area contributed by atoms with Crippen LogP contribution in [0.3, 0.4) is 0 Å². The number of hydrogen-bond donors (Lipinski definition) is 0. The van der Waals surface area contributed by atoms with Gasteiger partial charge in [-0.1, -0.05) is 27.7 Å². The molecule has 122 valence electrons. The lowest BCUT2D eigenvalue weighted by Crippen LogP contribution is -2.44. The zero-order valence-electron chi connectivity index (χ0n) is 14.2. The molecule has 0 saturated heterocycles. The number of nitrogens with zero attached hydrogens (tertiary/aromatic N) is 2. The van der Waals surface area contributed by atoms with Gasteiger partial charge in [0.25, 0.3) is 0 Å². The molecular weight excluding hydrogens is 276 g/mol. The molecule has 0 spiro atoms. The van der Waals surface area contributed by atoms with Crippen molar-refractivity contribution in [1.29, 1.82) is 0 Å². The number of rotatable bonds is 3. The summed E-state index contributed by atoms with van der Waals surface area (Å²) in [5, 5.41) is 0. The summed E-state index contributed by atoms with van der Waals surface area (Å²) >= 11 is 0. The van der Waals surface area contributed by atoms with Gasteiger partial charge in [0, 0.05) is 0 Å². The molecule has 0 radical (unpaired) electrons. The van der Waals surface area contributed by atoms with Crippen molar-refractivity contribution < 1.29 is 9.59 Å². The fraction of sp³-hybridized carbons (Fsp3) is 0.889. The average molecular weight is 304 g/mol. The number of carbonyl (C=O) groups excluding carboxylic acids is 2. The topological polar surface area (TPSA) is 58.9 Å². The lowest BCUT2D eigenvalue weighted by Gasteiger charge is -2.49. The molecule has 2 aliphatic rings. The molecule has 0 N–H and O–H groups in total. The molecular formula is C18H28N2O2. The highest BCUT2D eigenvalue weighted by Gasteiger charge is 2.45. The summed E-state index contributed by atoms with van der Waals surface area (Å²) in [4.78, 5) is 29.1. The van der Waals surface area contributed by atoms with Gasteiger partial charge in [-0.15, -0.1) is 0 Å². The van der Waals surface area contributed by atoms with E-state index in [9.17, 15) is 9.59 Å². The van der Waals surface area contributed by atoms with Gasteiger partial charge in [0.05, 0.1) is 12.1 Å². The highest BCUT2D eigenvalue weighted by molar-refractivity contribution is 5.34. The van der Waals surface area contributed by atoms with Crippen LogP contribution in [0.15, 0.2) is 9.98 Å². The lowest BCUT2D eigenvalue weighted by atomic mass is 9.57. The molecule has 6 unspecified atom stereocenters. The third-order valence-electron chi connectivity index (χ3n) is 6.19. The van der Waals surface area contributed by atoms with Gasteiger partial charge < -0.3 is 0 Å². The molecule has 0 aromatic rings. The number of aliphatic imine (C=N–C) groups is 2. The molecule has 2 saturated carbocycles. The van der Waals surface area contributed by atoms with E-state index >= 15 is 0 Å². The molecule has 2 aliphatic carbocycles. The Morgan fingerprint density at radius 1 is 0.909 bits per heavy atom. The SMILES string of the molecule is CC1CC(N=C=O)CCC1C1CC(C)(C)C(N=C=O)CC1C. The quantitative estimate of drug-likeness (QED) is 0.586. The maximum Gasteiger partial charge on any atom is 0.235 e. The molecule has 0 aliphatic heterocycles. The fourth-order valence-electron chi connectivity index (χ4n) is 4.87. The van der Waals surface area contributed by atoms with E-state index in [0.717, 1.165) is 32.1 Å². The zero-order chi connectivity index (χ0) is 16.3. The van der Waals surface area contributed by atoms with Gasteiger partial charge in [0.2, 0.25) is 12.2 Å². The molecule has 6 atom stereocenters. The zero-order valence-corrected chi connectivity index (χ0v) is 14.2. The minimum absolute atomic E-state index is 0.0616. The molecule has 0 heterocycles. The van der Waals surface area contributed by atoms with Crippen molar-refractivity contribution in [1.82, 2.24) is 0 Å². The summed E-state index contributed by atoms with van der Waals surface area (Å²) in [5.74, 6) is 2.52. The van der Waals surface area contributed by atoms with E-state index in [4.69, 9.17) is 0 Å². The van der Waals surface area contributed by atoms with Gasteiger partial charge in [-0.3, -0.25) is 0 Å². The maximum absolute atomic E-state index is 10.7. The predicted molar refractivity (Wildman–Crippen MR) is 86.0 cm³/mol. The largest absolute Gasteiger partial charge is 0.235 e. The van der Waals surface area contributed by atoms with Crippen molar-refractivity contribution in [3.8, 4) is 0 Å². The maximum atomic E-state index is 10.7. The summed E-state index contributed by atoms with van der Waals surface area (Å²) in [6.45, 7) is 9.05. The second kappa shape index (κ2) is 6.89. The van der Waals surface area contributed by atoms with E-state index in [1.165, 1.54) is 0 Å². The van der Waals surface area contributed by atoms with Crippen LogP contribution < -0.4 is 0 Å². The molecule has 2 fully saturated rings. The predicted octanol–water partition coefficient (Wildman–Crippen LogP) is 3.90. The minimum Gasteiger partial charge on any atom is -0.211 e. The molecule has 0 aromatic carbocycles. The number of isocyanates is 2. The Bertz CT molecular complexity index is 489. The van der Waals surface area contributed by atoms with Crippen molar-refractivity contribution in [2.24, 2.45) is 39.1 Å². The normalized spacial score (nSPS) is 41.1. The smallest absolute Gasteiger partial charge is 0.211 e. The second-order valence-corrected chi connectivity index (χ2v) is 8.13. The summed E-state index contributed by atoms with van der Waals surface area (Å²) < 4.78 is 0. The summed E-state index contributed by atoms with van der Waals surface area (Å²) in [7, 11) is 0. The Morgan fingerprint density at radius 2 is 1.55 bits per heavy atom. The third kappa shape index (κ3) is 3.56. The first kappa shape index (κ1) is 17.1. The van der Waals surface area contributed by atoms with E-state index in [1.54, 1.807) is 12.2 Å². The van der Waals surface area contributed by atoms with Crippen molar-refractivity contribution in [2.75, 3.05) is 0 Å². The van der Waals surface area contributed by atoms with Crippen LogP contribution in [0.25, 0.3) is 0 Å². The average Bonchev–Trinajstić information content (AvgIpc) is 2.44. The molecule has 0 bridgehead atoms. The van der Waals surface area contributed by atoms with Gasteiger partial charge in [0.1, 0.15) is 0 Å². The van der Waals surface area contributed by atoms with Gasteiger partial charge in [-0.25, -0.2) is 19.6 Å². The first-order chi connectivity index (χ1) is 10.4. The van der Waals surface area contributed by atoms with Crippen LogP contribution in [-0.2, 0) is 9.59 Å². The summed E-state index contributed by atoms with van der Waals surface area (Å²) in [5.41, 5.74) is 0.0616. The first-order valence-electron chi connectivity index (χ1n) is 8.53. The minimum atomic E-state index is 0.0616. The summed E-state index contributed by atoms with van der Waals surface area (Å²) in [6, 6.07) is 0.269. The van der Waals surface area contributed by atoms with E-state index < -0.39 is 0 Å².